The van der Waals surface area contributed by atoms with Crippen molar-refractivity contribution in [1.29, 1.82) is 0 Å². The molecule has 0 aliphatic rings. The standard InChI is InChI=1S/C22H30O4/c1-16(2)25-14-22(24)20-11-7-8-18(13-20)12-17(3)26-15-21(23)19-9-5-4-6-10-19/h4-11,13,16-17,21-24H,12,14-15H2,1-3H3/t17?,21-,22?/m1/s1. The van der Waals surface area contributed by atoms with Gasteiger partial charge in [-0.05, 0) is 43.9 Å². The van der Waals surface area contributed by atoms with Crippen LogP contribution in [0, 0.1) is 0 Å². The molecule has 0 fully saturated rings. The lowest BCUT2D eigenvalue weighted by Crippen LogP contribution is -2.17. The lowest BCUT2D eigenvalue weighted by Gasteiger charge is -2.18. The predicted molar refractivity (Wildman–Crippen MR) is 103 cm³/mol. The number of ether oxygens (including phenoxy) is 2. The van der Waals surface area contributed by atoms with E-state index in [1.165, 1.54) is 0 Å². The molecule has 2 aromatic rings. The summed E-state index contributed by atoms with van der Waals surface area (Å²) < 4.78 is 11.3. The number of rotatable bonds is 10. The number of hydrogen-bond donors (Lipinski definition) is 2. The number of benzene rings is 2. The lowest BCUT2D eigenvalue weighted by atomic mass is 10.0. The third-order valence-electron chi connectivity index (χ3n) is 4.17. The molecule has 142 valence electrons. The fraction of sp³-hybridized carbons (Fsp3) is 0.455. The van der Waals surface area contributed by atoms with Gasteiger partial charge >= 0.3 is 0 Å². The maximum atomic E-state index is 10.2. The zero-order valence-corrected chi connectivity index (χ0v) is 15.8. The summed E-state index contributed by atoms with van der Waals surface area (Å²) in [6.07, 6.45) is -0.481. The quantitative estimate of drug-likeness (QED) is 0.678. The Morgan fingerprint density at radius 3 is 2.08 bits per heavy atom. The molecule has 0 saturated carbocycles. The van der Waals surface area contributed by atoms with Gasteiger partial charge in [-0.3, -0.25) is 0 Å². The number of hydrogen-bond acceptors (Lipinski definition) is 4. The average molecular weight is 358 g/mol. The molecule has 2 rings (SSSR count). The minimum atomic E-state index is -0.631. The Morgan fingerprint density at radius 1 is 0.769 bits per heavy atom. The Kier molecular flexibility index (Phi) is 8.26. The number of aliphatic hydroxyl groups excluding tert-OH is 2. The van der Waals surface area contributed by atoms with Gasteiger partial charge in [0.15, 0.2) is 0 Å². The summed E-state index contributed by atoms with van der Waals surface area (Å²) in [6.45, 7) is 6.44. The minimum Gasteiger partial charge on any atom is -0.386 e. The van der Waals surface area contributed by atoms with E-state index < -0.39 is 12.2 Å². The molecule has 0 amide bonds. The van der Waals surface area contributed by atoms with E-state index in [0.29, 0.717) is 6.42 Å². The van der Waals surface area contributed by atoms with Crippen molar-refractivity contribution in [1.82, 2.24) is 0 Å². The number of aliphatic hydroxyl groups is 2. The molecular weight excluding hydrogens is 328 g/mol. The highest BCUT2D eigenvalue weighted by atomic mass is 16.5. The maximum Gasteiger partial charge on any atom is 0.102 e. The van der Waals surface area contributed by atoms with Gasteiger partial charge in [-0.15, -0.1) is 0 Å². The molecule has 0 saturated heterocycles. The van der Waals surface area contributed by atoms with Crippen LogP contribution in [0.15, 0.2) is 54.6 Å². The van der Waals surface area contributed by atoms with Crippen molar-refractivity contribution in [2.45, 2.75) is 51.6 Å². The third-order valence-corrected chi connectivity index (χ3v) is 4.17. The molecule has 4 nitrogen and oxygen atoms in total. The van der Waals surface area contributed by atoms with Crippen LogP contribution in [0.3, 0.4) is 0 Å². The Bertz CT molecular complexity index is 642. The van der Waals surface area contributed by atoms with Crippen LogP contribution in [-0.2, 0) is 15.9 Å². The van der Waals surface area contributed by atoms with Crippen LogP contribution in [0.25, 0.3) is 0 Å². The van der Waals surface area contributed by atoms with Crippen molar-refractivity contribution in [3.8, 4) is 0 Å². The van der Waals surface area contributed by atoms with Gasteiger partial charge in [0.2, 0.25) is 0 Å². The maximum absolute atomic E-state index is 10.2. The van der Waals surface area contributed by atoms with Crippen LogP contribution in [0.5, 0.6) is 0 Å². The van der Waals surface area contributed by atoms with Crippen LogP contribution in [0.2, 0.25) is 0 Å². The molecule has 2 aromatic carbocycles. The predicted octanol–water partition coefficient (Wildman–Crippen LogP) is 3.83. The zero-order valence-electron chi connectivity index (χ0n) is 15.8. The monoisotopic (exact) mass is 358 g/mol. The highest BCUT2D eigenvalue weighted by Crippen LogP contribution is 2.18. The zero-order chi connectivity index (χ0) is 18.9. The smallest absolute Gasteiger partial charge is 0.102 e. The molecule has 0 aliphatic carbocycles. The highest BCUT2D eigenvalue weighted by molar-refractivity contribution is 5.26. The van der Waals surface area contributed by atoms with Crippen LogP contribution >= 0.6 is 0 Å². The van der Waals surface area contributed by atoms with E-state index in [1.54, 1.807) is 0 Å². The van der Waals surface area contributed by atoms with Crippen LogP contribution in [-0.4, -0.2) is 35.6 Å². The van der Waals surface area contributed by atoms with Gasteiger partial charge in [-0.2, -0.15) is 0 Å². The van der Waals surface area contributed by atoms with Gasteiger partial charge in [0.25, 0.3) is 0 Å². The fourth-order valence-corrected chi connectivity index (χ4v) is 2.72. The van der Waals surface area contributed by atoms with Gasteiger partial charge < -0.3 is 19.7 Å². The molecule has 4 heteroatoms. The van der Waals surface area contributed by atoms with E-state index in [9.17, 15) is 10.2 Å². The van der Waals surface area contributed by atoms with Gasteiger partial charge in [0.1, 0.15) is 12.2 Å². The minimum absolute atomic E-state index is 0.0346. The van der Waals surface area contributed by atoms with E-state index in [-0.39, 0.29) is 25.4 Å². The van der Waals surface area contributed by atoms with Crippen LogP contribution < -0.4 is 0 Å². The van der Waals surface area contributed by atoms with Gasteiger partial charge in [-0.1, -0.05) is 54.6 Å². The Morgan fingerprint density at radius 2 is 1.38 bits per heavy atom. The first-order chi connectivity index (χ1) is 12.5. The van der Waals surface area contributed by atoms with Crippen molar-refractivity contribution in [3.63, 3.8) is 0 Å². The van der Waals surface area contributed by atoms with E-state index in [0.717, 1.165) is 16.7 Å². The Labute approximate surface area is 156 Å². The molecule has 0 aromatic heterocycles. The first kappa shape index (κ1) is 20.6. The summed E-state index contributed by atoms with van der Waals surface area (Å²) in [5, 5.41) is 20.4. The summed E-state index contributed by atoms with van der Waals surface area (Å²) in [5.41, 5.74) is 2.79. The third kappa shape index (κ3) is 6.89. The van der Waals surface area contributed by atoms with Crippen molar-refractivity contribution >= 4 is 0 Å². The largest absolute Gasteiger partial charge is 0.386 e. The Balaban J connectivity index is 1.84. The van der Waals surface area contributed by atoms with E-state index >= 15 is 0 Å². The lowest BCUT2D eigenvalue weighted by molar-refractivity contribution is -0.00240. The molecule has 2 unspecified atom stereocenters. The molecule has 3 atom stereocenters. The summed E-state index contributed by atoms with van der Waals surface area (Å²) in [6, 6.07) is 17.4. The second kappa shape index (κ2) is 10.4. The van der Waals surface area contributed by atoms with Crippen LogP contribution in [0.1, 0.15) is 49.7 Å². The highest BCUT2D eigenvalue weighted by Gasteiger charge is 2.13. The van der Waals surface area contributed by atoms with Crippen LogP contribution in [0.4, 0.5) is 0 Å². The summed E-state index contributed by atoms with van der Waals surface area (Å²) in [5.74, 6) is 0. The summed E-state index contributed by atoms with van der Waals surface area (Å²) in [7, 11) is 0. The van der Waals surface area contributed by atoms with E-state index in [1.807, 2.05) is 75.4 Å². The molecule has 0 aliphatic heterocycles. The summed E-state index contributed by atoms with van der Waals surface area (Å²) >= 11 is 0. The fourth-order valence-electron chi connectivity index (χ4n) is 2.72. The molecule has 0 spiro atoms. The van der Waals surface area contributed by atoms with Gasteiger partial charge in [0.05, 0.1) is 25.4 Å². The molecule has 0 heterocycles. The average Bonchev–Trinajstić information content (AvgIpc) is 2.65. The van der Waals surface area contributed by atoms with Crippen molar-refractivity contribution in [2.75, 3.05) is 13.2 Å². The van der Waals surface area contributed by atoms with Crippen molar-refractivity contribution in [2.24, 2.45) is 0 Å². The van der Waals surface area contributed by atoms with Crippen molar-refractivity contribution < 1.29 is 19.7 Å². The second-order valence-electron chi connectivity index (χ2n) is 6.92. The van der Waals surface area contributed by atoms with E-state index in [2.05, 4.69) is 0 Å². The topological polar surface area (TPSA) is 58.9 Å². The molecule has 2 N–H and O–H groups in total. The SMILES string of the molecule is CC(C)OCC(O)c1cccc(CC(C)OC[C@@H](O)c2ccccc2)c1. The van der Waals surface area contributed by atoms with E-state index in [4.69, 9.17) is 9.47 Å². The van der Waals surface area contributed by atoms with Gasteiger partial charge in [-0.25, -0.2) is 0 Å². The summed E-state index contributed by atoms with van der Waals surface area (Å²) in [4.78, 5) is 0. The molecular formula is C22H30O4. The second-order valence-corrected chi connectivity index (χ2v) is 6.92. The first-order valence-electron chi connectivity index (χ1n) is 9.18. The van der Waals surface area contributed by atoms with Gasteiger partial charge in [0, 0.05) is 0 Å². The molecule has 26 heavy (non-hydrogen) atoms. The normalized spacial score (nSPS) is 15.0. The molecule has 0 radical (unpaired) electrons. The Hall–Kier alpha value is -1.72. The first-order valence-corrected chi connectivity index (χ1v) is 9.18. The van der Waals surface area contributed by atoms with Crippen molar-refractivity contribution in [3.05, 3.63) is 71.3 Å². The molecule has 0 bridgehead atoms.